The van der Waals surface area contributed by atoms with Crippen molar-refractivity contribution in [1.29, 1.82) is 0 Å². The molecule has 0 aliphatic heterocycles. The minimum absolute atomic E-state index is 0.194. The number of carbonyl (C=O) groups excluding carboxylic acids is 1. The van der Waals surface area contributed by atoms with Crippen molar-refractivity contribution < 1.29 is 9.90 Å². The second-order valence-electron chi connectivity index (χ2n) is 6.34. The molecule has 122 valence electrons. The molecule has 5 heteroatoms. The lowest BCUT2D eigenvalue weighted by Gasteiger charge is -2.18. The van der Waals surface area contributed by atoms with E-state index in [1.165, 1.54) is 0 Å². The summed E-state index contributed by atoms with van der Waals surface area (Å²) in [6.45, 7) is 1.94. The van der Waals surface area contributed by atoms with Crippen molar-refractivity contribution in [2.75, 3.05) is 0 Å². The number of rotatable bonds is 2. The molecule has 24 heavy (non-hydrogen) atoms. The van der Waals surface area contributed by atoms with Crippen LogP contribution in [0.5, 0.6) is 0 Å². The molecule has 3 aromatic rings. The Morgan fingerprint density at radius 2 is 2.08 bits per heavy atom. The Morgan fingerprint density at radius 3 is 2.92 bits per heavy atom. The van der Waals surface area contributed by atoms with Crippen LogP contribution in [0.2, 0.25) is 0 Å². The number of aromatic nitrogens is 2. The van der Waals surface area contributed by atoms with Crippen LogP contribution < -0.4 is 5.32 Å². The molecule has 2 atom stereocenters. The number of benzene rings is 2. The minimum Gasteiger partial charge on any atom is -0.390 e. The van der Waals surface area contributed by atoms with Crippen molar-refractivity contribution in [3.63, 3.8) is 0 Å². The predicted octanol–water partition coefficient (Wildman–Crippen LogP) is 2.27. The Bertz CT molecular complexity index is 945. The molecule has 4 rings (SSSR count). The van der Waals surface area contributed by atoms with Crippen LogP contribution in [-0.4, -0.2) is 26.7 Å². The van der Waals surface area contributed by atoms with Gasteiger partial charge >= 0.3 is 0 Å². The molecule has 0 radical (unpaired) electrons. The van der Waals surface area contributed by atoms with Crippen LogP contribution >= 0.6 is 0 Å². The normalized spacial score (nSPS) is 19.5. The zero-order chi connectivity index (χ0) is 16.8. The summed E-state index contributed by atoms with van der Waals surface area (Å²) in [6.07, 6.45) is -0.0215. The lowest BCUT2D eigenvalue weighted by molar-refractivity contribution is 0.0858. The molecule has 2 aromatic carbocycles. The number of fused-ring (bicyclic) bond motifs is 2. The highest BCUT2D eigenvalue weighted by Gasteiger charge is 2.32. The summed E-state index contributed by atoms with van der Waals surface area (Å²) in [5.41, 5.74) is 4.43. The summed E-state index contributed by atoms with van der Waals surface area (Å²) in [5.74, 6) is 0.712. The van der Waals surface area contributed by atoms with Crippen LogP contribution in [0, 0.1) is 6.92 Å². The van der Waals surface area contributed by atoms with Gasteiger partial charge in [-0.25, -0.2) is 4.98 Å². The van der Waals surface area contributed by atoms with E-state index < -0.39 is 6.10 Å². The van der Waals surface area contributed by atoms with Crippen LogP contribution in [0.1, 0.15) is 33.4 Å². The van der Waals surface area contributed by atoms with Crippen molar-refractivity contribution in [2.45, 2.75) is 25.5 Å². The standard InChI is InChI=1S/C19H19N3O2/c1-11-20-15-9-13(7-8-16(15)22(11)2)19(24)21-18-14-6-4-3-5-12(14)10-17(18)23/h3-9,17-18,23H,10H2,1-2H3,(H,21,24). The van der Waals surface area contributed by atoms with Gasteiger partial charge < -0.3 is 15.0 Å². The number of carbonyl (C=O) groups is 1. The summed E-state index contributed by atoms with van der Waals surface area (Å²) in [4.78, 5) is 17.1. The highest BCUT2D eigenvalue weighted by atomic mass is 16.3. The van der Waals surface area contributed by atoms with Gasteiger partial charge in [-0.05, 0) is 36.2 Å². The first-order valence-electron chi connectivity index (χ1n) is 8.04. The second kappa shape index (κ2) is 5.46. The number of aliphatic hydroxyl groups excluding tert-OH is 1. The third kappa shape index (κ3) is 2.29. The number of nitrogens with one attached hydrogen (secondary N) is 1. The van der Waals surface area contributed by atoms with Gasteiger partial charge in [0.25, 0.3) is 5.91 Å². The molecule has 2 N–H and O–H groups in total. The molecular formula is C19H19N3O2. The SMILES string of the molecule is Cc1nc2cc(C(=O)NC3c4ccccc4CC3O)ccc2n1C. The molecule has 0 saturated carbocycles. The fraction of sp³-hybridized carbons (Fsp3) is 0.263. The lowest BCUT2D eigenvalue weighted by Crippen LogP contribution is -2.33. The number of nitrogens with zero attached hydrogens (tertiary/aromatic N) is 2. The molecular weight excluding hydrogens is 302 g/mol. The first-order valence-corrected chi connectivity index (χ1v) is 8.04. The molecule has 2 unspecified atom stereocenters. The first kappa shape index (κ1) is 14.9. The largest absolute Gasteiger partial charge is 0.390 e. The van der Waals surface area contributed by atoms with Crippen LogP contribution in [0.25, 0.3) is 11.0 Å². The van der Waals surface area contributed by atoms with Crippen LogP contribution in [0.4, 0.5) is 0 Å². The van der Waals surface area contributed by atoms with E-state index >= 15 is 0 Å². The van der Waals surface area contributed by atoms with Gasteiger partial charge in [-0.15, -0.1) is 0 Å². The van der Waals surface area contributed by atoms with E-state index in [1.54, 1.807) is 12.1 Å². The number of amides is 1. The Morgan fingerprint density at radius 1 is 1.29 bits per heavy atom. The maximum Gasteiger partial charge on any atom is 0.251 e. The topological polar surface area (TPSA) is 67.2 Å². The van der Waals surface area contributed by atoms with Crippen molar-refractivity contribution in [2.24, 2.45) is 7.05 Å². The maximum absolute atomic E-state index is 12.6. The van der Waals surface area contributed by atoms with E-state index in [0.29, 0.717) is 12.0 Å². The van der Waals surface area contributed by atoms with Crippen molar-refractivity contribution in [3.05, 3.63) is 65.0 Å². The third-order valence-electron chi connectivity index (χ3n) is 4.86. The second-order valence-corrected chi connectivity index (χ2v) is 6.34. The van der Waals surface area contributed by atoms with Gasteiger partial charge in [-0.3, -0.25) is 4.79 Å². The number of hydrogen-bond acceptors (Lipinski definition) is 3. The molecule has 0 bridgehead atoms. The number of hydrogen-bond donors (Lipinski definition) is 2. The molecule has 1 amide bonds. The van der Waals surface area contributed by atoms with Gasteiger partial charge in [0.05, 0.1) is 23.2 Å². The monoisotopic (exact) mass is 321 g/mol. The summed E-state index contributed by atoms with van der Waals surface area (Å²) in [5, 5.41) is 13.3. The minimum atomic E-state index is -0.591. The van der Waals surface area contributed by atoms with E-state index in [1.807, 2.05) is 48.9 Å². The fourth-order valence-electron chi connectivity index (χ4n) is 3.43. The van der Waals surface area contributed by atoms with E-state index in [-0.39, 0.29) is 11.9 Å². The number of imidazole rings is 1. The molecule has 0 spiro atoms. The van der Waals surface area contributed by atoms with Crippen LogP contribution in [-0.2, 0) is 13.5 Å². The van der Waals surface area contributed by atoms with Gasteiger partial charge in [0.15, 0.2) is 0 Å². The van der Waals surface area contributed by atoms with Crippen molar-refractivity contribution in [3.8, 4) is 0 Å². The highest BCUT2D eigenvalue weighted by molar-refractivity contribution is 5.97. The van der Waals surface area contributed by atoms with E-state index in [0.717, 1.165) is 28.0 Å². The summed E-state index contributed by atoms with van der Waals surface area (Å²) in [7, 11) is 1.95. The molecule has 1 aliphatic carbocycles. The molecule has 0 saturated heterocycles. The zero-order valence-corrected chi connectivity index (χ0v) is 13.7. The van der Waals surface area contributed by atoms with Gasteiger partial charge in [-0.2, -0.15) is 0 Å². The molecule has 5 nitrogen and oxygen atoms in total. The average molecular weight is 321 g/mol. The molecule has 0 fully saturated rings. The van der Waals surface area contributed by atoms with Gasteiger partial charge in [0, 0.05) is 19.0 Å². The highest BCUT2D eigenvalue weighted by Crippen LogP contribution is 2.31. The predicted molar refractivity (Wildman–Crippen MR) is 91.8 cm³/mol. The van der Waals surface area contributed by atoms with Crippen LogP contribution in [0.3, 0.4) is 0 Å². The van der Waals surface area contributed by atoms with E-state index in [9.17, 15) is 9.90 Å². The Hall–Kier alpha value is -2.66. The van der Waals surface area contributed by atoms with E-state index in [4.69, 9.17) is 0 Å². The molecule has 1 heterocycles. The van der Waals surface area contributed by atoms with Gasteiger partial charge in [0.1, 0.15) is 5.82 Å². The van der Waals surface area contributed by atoms with E-state index in [2.05, 4.69) is 10.3 Å². The molecule has 1 aliphatic rings. The number of aryl methyl sites for hydroxylation is 2. The van der Waals surface area contributed by atoms with Crippen LogP contribution in [0.15, 0.2) is 42.5 Å². The summed E-state index contributed by atoms with van der Waals surface area (Å²) in [6, 6.07) is 13.0. The maximum atomic E-state index is 12.6. The average Bonchev–Trinajstić information content (AvgIpc) is 3.04. The first-order chi connectivity index (χ1) is 11.5. The van der Waals surface area contributed by atoms with Crippen molar-refractivity contribution in [1.82, 2.24) is 14.9 Å². The Kier molecular flexibility index (Phi) is 3.39. The quantitative estimate of drug-likeness (QED) is 0.761. The smallest absolute Gasteiger partial charge is 0.251 e. The zero-order valence-electron chi connectivity index (χ0n) is 13.7. The lowest BCUT2D eigenvalue weighted by atomic mass is 10.1. The van der Waals surface area contributed by atoms with Gasteiger partial charge in [0.2, 0.25) is 0 Å². The summed E-state index contributed by atoms with van der Waals surface area (Å²) >= 11 is 0. The van der Waals surface area contributed by atoms with Crippen molar-refractivity contribution >= 4 is 16.9 Å². The Labute approximate surface area is 139 Å². The Balaban J connectivity index is 1.63. The summed E-state index contributed by atoms with van der Waals surface area (Å²) < 4.78 is 1.99. The fourth-order valence-corrected chi connectivity index (χ4v) is 3.43. The van der Waals surface area contributed by atoms with Gasteiger partial charge in [-0.1, -0.05) is 24.3 Å². The third-order valence-corrected chi connectivity index (χ3v) is 4.86. The molecule has 1 aromatic heterocycles. The number of aliphatic hydroxyl groups is 1.